The van der Waals surface area contributed by atoms with Gasteiger partial charge in [0.1, 0.15) is 5.82 Å². The largest absolute Gasteiger partial charge is 0.450 e. The first-order valence-corrected chi connectivity index (χ1v) is 10.6. The molecule has 2 fully saturated rings. The van der Waals surface area contributed by atoms with Gasteiger partial charge in [-0.2, -0.15) is 0 Å². The van der Waals surface area contributed by atoms with Crippen LogP contribution in [-0.4, -0.2) is 60.2 Å². The molecule has 28 heavy (non-hydrogen) atoms. The van der Waals surface area contributed by atoms with Gasteiger partial charge in [-0.05, 0) is 57.6 Å². The van der Waals surface area contributed by atoms with Crippen LogP contribution in [0.1, 0.15) is 62.7 Å². The lowest BCUT2D eigenvalue weighted by molar-refractivity contribution is 0.0860. The molecule has 0 aromatic carbocycles. The number of hydrogen-bond acceptors (Lipinski definition) is 5. The van der Waals surface area contributed by atoms with E-state index in [9.17, 15) is 9.59 Å². The number of aromatic nitrogens is 1. The number of carbonyl (C=O) groups is 2. The van der Waals surface area contributed by atoms with E-state index in [0.29, 0.717) is 31.3 Å². The number of rotatable bonds is 5. The van der Waals surface area contributed by atoms with Gasteiger partial charge in [-0.1, -0.05) is 6.92 Å². The molecule has 1 aromatic heterocycles. The van der Waals surface area contributed by atoms with Crippen LogP contribution in [0, 0.1) is 0 Å². The zero-order chi connectivity index (χ0) is 19.9. The van der Waals surface area contributed by atoms with Crippen LogP contribution in [0.3, 0.4) is 0 Å². The summed E-state index contributed by atoms with van der Waals surface area (Å²) in [5, 5.41) is 3.07. The van der Waals surface area contributed by atoms with Gasteiger partial charge in [-0.15, -0.1) is 0 Å². The Labute approximate surface area is 167 Å². The number of nitrogens with zero attached hydrogens (tertiary/aromatic N) is 3. The van der Waals surface area contributed by atoms with E-state index in [4.69, 9.17) is 4.74 Å². The van der Waals surface area contributed by atoms with Gasteiger partial charge >= 0.3 is 6.09 Å². The highest BCUT2D eigenvalue weighted by Crippen LogP contribution is 2.25. The molecule has 2 amide bonds. The third-order valence-electron chi connectivity index (χ3n) is 5.76. The van der Waals surface area contributed by atoms with Crippen molar-refractivity contribution in [2.24, 2.45) is 0 Å². The van der Waals surface area contributed by atoms with E-state index in [1.165, 1.54) is 19.3 Å². The highest BCUT2D eigenvalue weighted by molar-refractivity contribution is 5.94. The van der Waals surface area contributed by atoms with E-state index < -0.39 is 0 Å². The Hall–Kier alpha value is -2.31. The van der Waals surface area contributed by atoms with Gasteiger partial charge in [0.25, 0.3) is 5.91 Å². The van der Waals surface area contributed by atoms with E-state index in [1.807, 2.05) is 12.1 Å². The second kappa shape index (κ2) is 9.75. The summed E-state index contributed by atoms with van der Waals surface area (Å²) in [4.78, 5) is 33.0. The summed E-state index contributed by atoms with van der Waals surface area (Å²) in [6.45, 7) is 6.66. The summed E-state index contributed by atoms with van der Waals surface area (Å²) in [6, 6.07) is 4.45. The summed E-state index contributed by atoms with van der Waals surface area (Å²) in [7, 11) is 0. The topological polar surface area (TPSA) is 74.8 Å². The van der Waals surface area contributed by atoms with Crippen LogP contribution in [0.5, 0.6) is 0 Å². The Morgan fingerprint density at radius 3 is 2.57 bits per heavy atom. The average Bonchev–Trinajstić information content (AvgIpc) is 2.74. The normalized spacial score (nSPS) is 20.7. The number of likely N-dealkylation sites (tertiary alicyclic amines) is 1. The number of nitrogens with one attached hydrogen (secondary N) is 1. The Kier molecular flexibility index (Phi) is 7.12. The van der Waals surface area contributed by atoms with Gasteiger partial charge in [0.2, 0.25) is 0 Å². The van der Waals surface area contributed by atoms with Crippen LogP contribution < -0.4 is 10.2 Å². The predicted molar refractivity (Wildman–Crippen MR) is 109 cm³/mol. The third kappa shape index (κ3) is 4.94. The van der Waals surface area contributed by atoms with Crippen molar-refractivity contribution >= 4 is 17.8 Å². The molecule has 0 bridgehead atoms. The van der Waals surface area contributed by atoms with E-state index in [1.54, 1.807) is 18.0 Å². The third-order valence-corrected chi connectivity index (χ3v) is 5.76. The van der Waals surface area contributed by atoms with Crippen molar-refractivity contribution in [3.63, 3.8) is 0 Å². The summed E-state index contributed by atoms with van der Waals surface area (Å²) >= 11 is 0. The summed E-state index contributed by atoms with van der Waals surface area (Å²) in [5.74, 6) is 0.866. The number of carbonyl (C=O) groups excluding carboxylic acids is 2. The smallest absolute Gasteiger partial charge is 0.409 e. The fourth-order valence-electron chi connectivity index (χ4n) is 4.11. The Bertz CT molecular complexity index is 656. The molecule has 0 spiro atoms. The van der Waals surface area contributed by atoms with E-state index >= 15 is 0 Å². The van der Waals surface area contributed by atoms with E-state index in [2.05, 4.69) is 22.1 Å². The molecule has 1 unspecified atom stereocenters. The minimum Gasteiger partial charge on any atom is -0.450 e. The minimum absolute atomic E-state index is 0.0735. The van der Waals surface area contributed by atoms with Gasteiger partial charge in [-0.25, -0.2) is 9.78 Å². The van der Waals surface area contributed by atoms with Crippen LogP contribution in [0.15, 0.2) is 18.3 Å². The van der Waals surface area contributed by atoms with Crippen LogP contribution in [-0.2, 0) is 4.74 Å². The number of piperidine rings is 2. The first-order valence-electron chi connectivity index (χ1n) is 10.6. The maximum absolute atomic E-state index is 12.6. The molecule has 1 N–H and O–H groups in total. The van der Waals surface area contributed by atoms with Crippen molar-refractivity contribution in [2.75, 3.05) is 31.1 Å². The first-order chi connectivity index (χ1) is 13.6. The molecule has 1 aromatic rings. The standard InChI is InChI=1S/C21H32N4O3/c1-3-18-7-5-6-12-25(18)19-9-8-16(15-22-19)20(26)23-17-10-13-24(14-11-17)21(27)28-4-2/h8-9,15,17-18H,3-7,10-14H2,1-2H3,(H,23,26). The van der Waals surface area contributed by atoms with Gasteiger partial charge < -0.3 is 19.9 Å². The molecule has 2 aliphatic heterocycles. The predicted octanol–water partition coefficient (Wildman–Crippen LogP) is 3.20. The van der Waals surface area contributed by atoms with Gasteiger partial charge in [0.15, 0.2) is 0 Å². The minimum atomic E-state index is -0.268. The molecular weight excluding hydrogens is 356 g/mol. The maximum atomic E-state index is 12.6. The highest BCUT2D eigenvalue weighted by atomic mass is 16.6. The highest BCUT2D eigenvalue weighted by Gasteiger charge is 2.25. The SMILES string of the molecule is CCOC(=O)N1CCC(NC(=O)c2ccc(N3CCCCC3CC)nc2)CC1. The molecular formula is C21H32N4O3. The monoisotopic (exact) mass is 388 g/mol. The summed E-state index contributed by atoms with van der Waals surface area (Å²) in [5.41, 5.74) is 0.585. The number of anilines is 1. The zero-order valence-corrected chi connectivity index (χ0v) is 17.0. The van der Waals surface area contributed by atoms with E-state index in [-0.39, 0.29) is 18.0 Å². The van der Waals surface area contributed by atoms with E-state index in [0.717, 1.165) is 31.6 Å². The second-order valence-electron chi connectivity index (χ2n) is 7.59. The van der Waals surface area contributed by atoms with Crippen molar-refractivity contribution in [2.45, 2.75) is 64.5 Å². The van der Waals surface area contributed by atoms with Gasteiger partial charge in [0, 0.05) is 37.9 Å². The second-order valence-corrected chi connectivity index (χ2v) is 7.59. The quantitative estimate of drug-likeness (QED) is 0.838. The number of ether oxygens (including phenoxy) is 1. The summed E-state index contributed by atoms with van der Waals surface area (Å²) in [6.07, 6.45) is 7.70. The molecule has 3 heterocycles. The Morgan fingerprint density at radius 2 is 1.93 bits per heavy atom. The van der Waals surface area contributed by atoms with Crippen LogP contribution in [0.25, 0.3) is 0 Å². The molecule has 7 heteroatoms. The van der Waals surface area contributed by atoms with Crippen molar-refractivity contribution in [3.05, 3.63) is 23.9 Å². The van der Waals surface area contributed by atoms with Crippen molar-refractivity contribution in [1.29, 1.82) is 0 Å². The lowest BCUT2D eigenvalue weighted by Gasteiger charge is -2.36. The Morgan fingerprint density at radius 1 is 1.14 bits per heavy atom. The fourth-order valence-corrected chi connectivity index (χ4v) is 4.11. The van der Waals surface area contributed by atoms with Crippen molar-refractivity contribution in [3.8, 4) is 0 Å². The first kappa shape index (κ1) is 20.4. The lowest BCUT2D eigenvalue weighted by Crippen LogP contribution is -2.46. The van der Waals surface area contributed by atoms with Crippen LogP contribution >= 0.6 is 0 Å². The molecule has 3 rings (SSSR count). The Balaban J connectivity index is 1.52. The fraction of sp³-hybridized carbons (Fsp3) is 0.667. The number of amides is 2. The number of hydrogen-bond donors (Lipinski definition) is 1. The van der Waals surface area contributed by atoms with Crippen molar-refractivity contribution in [1.82, 2.24) is 15.2 Å². The lowest BCUT2D eigenvalue weighted by atomic mass is 10.00. The molecule has 7 nitrogen and oxygen atoms in total. The van der Waals surface area contributed by atoms with Crippen molar-refractivity contribution < 1.29 is 14.3 Å². The molecule has 0 aliphatic carbocycles. The molecule has 1 atom stereocenters. The maximum Gasteiger partial charge on any atom is 0.409 e. The van der Waals surface area contributed by atoms with Gasteiger partial charge in [0.05, 0.1) is 12.2 Å². The van der Waals surface area contributed by atoms with Crippen LogP contribution in [0.4, 0.5) is 10.6 Å². The molecule has 154 valence electrons. The zero-order valence-electron chi connectivity index (χ0n) is 17.0. The molecule has 2 saturated heterocycles. The average molecular weight is 389 g/mol. The molecule has 2 aliphatic rings. The molecule has 0 saturated carbocycles. The summed E-state index contributed by atoms with van der Waals surface area (Å²) < 4.78 is 5.03. The number of pyridine rings is 1. The van der Waals surface area contributed by atoms with Crippen LogP contribution in [0.2, 0.25) is 0 Å². The van der Waals surface area contributed by atoms with Gasteiger partial charge in [-0.3, -0.25) is 4.79 Å². The molecule has 0 radical (unpaired) electrons.